The predicted octanol–water partition coefficient (Wildman–Crippen LogP) is -1.40. The van der Waals surface area contributed by atoms with Gasteiger partial charge in [-0.1, -0.05) is 0 Å². The predicted molar refractivity (Wildman–Crippen MR) is 48.1 cm³/mol. The van der Waals surface area contributed by atoms with E-state index in [1.165, 1.54) is 0 Å². The topological polar surface area (TPSA) is 70.2 Å². The zero-order valence-corrected chi connectivity index (χ0v) is 7.89. The van der Waals surface area contributed by atoms with Gasteiger partial charge >= 0.3 is 0 Å². The van der Waals surface area contributed by atoms with Gasteiger partial charge in [0.2, 0.25) is 11.8 Å². The van der Waals surface area contributed by atoms with E-state index in [9.17, 15) is 9.59 Å². The molecule has 0 aromatic heterocycles. The second-order valence-electron chi connectivity index (χ2n) is 3.14. The maximum Gasteiger partial charge on any atom is 0.242 e. The minimum Gasteiger partial charge on any atom is -0.357 e. The summed E-state index contributed by atoms with van der Waals surface area (Å²) in [4.78, 5) is 22.3. The molecule has 1 saturated heterocycles. The molecule has 5 heteroatoms. The number of hydrogen-bond donors (Lipinski definition) is 3. The second kappa shape index (κ2) is 4.23. The molecule has 74 valence electrons. The van der Waals surface area contributed by atoms with Gasteiger partial charge in [0.05, 0.1) is 6.04 Å². The van der Waals surface area contributed by atoms with Crippen LogP contribution >= 0.6 is 0 Å². The van der Waals surface area contributed by atoms with E-state index in [2.05, 4.69) is 16.0 Å². The van der Waals surface area contributed by atoms with Gasteiger partial charge in [-0.25, -0.2) is 0 Å². The summed E-state index contributed by atoms with van der Waals surface area (Å²) >= 11 is 0. The number of amides is 2. The number of nitrogens with one attached hydrogen (secondary N) is 3. The SMILES string of the molecule is CNC(=O)[C@H](C)NC(=O)C1CCN1. The smallest absolute Gasteiger partial charge is 0.242 e. The number of carbonyl (C=O) groups is 2. The molecule has 0 radical (unpaired) electrons. The molecule has 1 aliphatic heterocycles. The van der Waals surface area contributed by atoms with Gasteiger partial charge in [0, 0.05) is 7.05 Å². The van der Waals surface area contributed by atoms with Crippen molar-refractivity contribution in [3.8, 4) is 0 Å². The molecule has 0 aromatic rings. The van der Waals surface area contributed by atoms with Crippen LogP contribution in [-0.4, -0.2) is 37.5 Å². The fraction of sp³-hybridized carbons (Fsp3) is 0.750. The Morgan fingerprint density at radius 3 is 2.54 bits per heavy atom. The molecule has 2 atom stereocenters. The average Bonchev–Trinajstić information content (AvgIpc) is 1.99. The van der Waals surface area contributed by atoms with Crippen LogP contribution in [0.1, 0.15) is 13.3 Å². The molecule has 0 aromatic carbocycles. The highest BCUT2D eigenvalue weighted by Crippen LogP contribution is 2.01. The van der Waals surface area contributed by atoms with Gasteiger partial charge in [0.1, 0.15) is 6.04 Å². The van der Waals surface area contributed by atoms with E-state index in [4.69, 9.17) is 0 Å². The van der Waals surface area contributed by atoms with E-state index < -0.39 is 6.04 Å². The van der Waals surface area contributed by atoms with Gasteiger partial charge in [-0.15, -0.1) is 0 Å². The first-order chi connectivity index (χ1) is 6.15. The monoisotopic (exact) mass is 185 g/mol. The third kappa shape index (κ3) is 2.42. The van der Waals surface area contributed by atoms with Crippen LogP contribution in [0.15, 0.2) is 0 Å². The summed E-state index contributed by atoms with van der Waals surface area (Å²) in [6, 6.07) is -0.563. The molecule has 0 saturated carbocycles. The Morgan fingerprint density at radius 2 is 2.15 bits per heavy atom. The largest absolute Gasteiger partial charge is 0.357 e. The van der Waals surface area contributed by atoms with Crippen molar-refractivity contribution in [2.45, 2.75) is 25.4 Å². The minimum absolute atomic E-state index is 0.0950. The second-order valence-corrected chi connectivity index (χ2v) is 3.14. The Kier molecular flexibility index (Phi) is 3.25. The van der Waals surface area contributed by atoms with Crippen molar-refractivity contribution in [3.05, 3.63) is 0 Å². The van der Waals surface area contributed by atoms with Crippen molar-refractivity contribution >= 4 is 11.8 Å². The van der Waals surface area contributed by atoms with Gasteiger partial charge in [0.25, 0.3) is 0 Å². The van der Waals surface area contributed by atoms with Crippen LogP contribution < -0.4 is 16.0 Å². The Bertz CT molecular complexity index is 213. The van der Waals surface area contributed by atoms with Crippen LogP contribution in [0.3, 0.4) is 0 Å². The normalized spacial score (nSPS) is 22.8. The molecule has 2 amide bonds. The lowest BCUT2D eigenvalue weighted by molar-refractivity contribution is -0.130. The summed E-state index contributed by atoms with van der Waals surface area (Å²) in [5, 5.41) is 8.05. The first-order valence-electron chi connectivity index (χ1n) is 4.40. The van der Waals surface area contributed by atoms with Crippen LogP contribution in [0, 0.1) is 0 Å². The van der Waals surface area contributed by atoms with Crippen LogP contribution in [0.4, 0.5) is 0 Å². The Hall–Kier alpha value is -1.10. The molecule has 1 rings (SSSR count). The molecule has 3 N–H and O–H groups in total. The van der Waals surface area contributed by atoms with Crippen molar-refractivity contribution in [2.24, 2.45) is 0 Å². The van der Waals surface area contributed by atoms with Crippen molar-refractivity contribution in [3.63, 3.8) is 0 Å². The van der Waals surface area contributed by atoms with E-state index >= 15 is 0 Å². The van der Waals surface area contributed by atoms with Crippen molar-refractivity contribution in [1.82, 2.24) is 16.0 Å². The lowest BCUT2D eigenvalue weighted by Crippen LogP contribution is -2.56. The van der Waals surface area contributed by atoms with Gasteiger partial charge in [0.15, 0.2) is 0 Å². The third-order valence-electron chi connectivity index (χ3n) is 2.14. The Labute approximate surface area is 77.3 Å². The molecule has 1 heterocycles. The number of hydrogen-bond acceptors (Lipinski definition) is 3. The van der Waals surface area contributed by atoms with Crippen molar-refractivity contribution in [2.75, 3.05) is 13.6 Å². The van der Waals surface area contributed by atoms with Crippen LogP contribution in [-0.2, 0) is 9.59 Å². The lowest BCUT2D eigenvalue weighted by Gasteiger charge is -2.27. The van der Waals surface area contributed by atoms with E-state index in [0.29, 0.717) is 0 Å². The Morgan fingerprint density at radius 1 is 1.54 bits per heavy atom. The minimum atomic E-state index is -0.458. The summed E-state index contributed by atoms with van der Waals surface area (Å²) in [5.74, 6) is -0.268. The maximum absolute atomic E-state index is 11.3. The van der Waals surface area contributed by atoms with Gasteiger partial charge in [-0.05, 0) is 19.9 Å². The molecule has 1 unspecified atom stereocenters. The molecule has 5 nitrogen and oxygen atoms in total. The van der Waals surface area contributed by atoms with Crippen molar-refractivity contribution < 1.29 is 9.59 Å². The van der Waals surface area contributed by atoms with Crippen LogP contribution in [0.2, 0.25) is 0 Å². The number of rotatable bonds is 3. The van der Waals surface area contributed by atoms with Gasteiger partial charge in [-0.2, -0.15) is 0 Å². The first-order valence-corrected chi connectivity index (χ1v) is 4.40. The molecule has 1 fully saturated rings. The molecule has 13 heavy (non-hydrogen) atoms. The standard InChI is InChI=1S/C8H15N3O2/c1-5(7(12)9-2)11-8(13)6-3-4-10-6/h5-6,10H,3-4H2,1-2H3,(H,9,12)(H,11,13)/t5-,6?/m0/s1. The molecular formula is C8H15N3O2. The summed E-state index contributed by atoms with van der Waals surface area (Å²) in [5.41, 5.74) is 0. The first kappa shape index (κ1) is 9.98. The highest BCUT2D eigenvalue weighted by Gasteiger charge is 2.26. The average molecular weight is 185 g/mol. The maximum atomic E-state index is 11.3. The quantitative estimate of drug-likeness (QED) is 0.506. The number of likely N-dealkylation sites (N-methyl/N-ethyl adjacent to an activating group) is 1. The fourth-order valence-corrected chi connectivity index (χ4v) is 1.11. The lowest BCUT2D eigenvalue weighted by atomic mass is 10.1. The molecule has 0 aliphatic carbocycles. The van der Waals surface area contributed by atoms with E-state index in [1.54, 1.807) is 14.0 Å². The molecule has 0 spiro atoms. The highest BCUT2D eigenvalue weighted by molar-refractivity contribution is 5.89. The summed E-state index contributed by atoms with van der Waals surface area (Å²) in [7, 11) is 1.55. The Balaban J connectivity index is 2.30. The van der Waals surface area contributed by atoms with Gasteiger partial charge in [-0.3, -0.25) is 9.59 Å². The molecule has 1 aliphatic rings. The van der Waals surface area contributed by atoms with Crippen molar-refractivity contribution in [1.29, 1.82) is 0 Å². The van der Waals surface area contributed by atoms with Gasteiger partial charge < -0.3 is 16.0 Å². The summed E-state index contributed by atoms with van der Waals surface area (Å²) in [6.07, 6.45) is 0.853. The zero-order valence-electron chi connectivity index (χ0n) is 7.89. The third-order valence-corrected chi connectivity index (χ3v) is 2.14. The van der Waals surface area contributed by atoms with E-state index in [1.807, 2.05) is 0 Å². The van der Waals surface area contributed by atoms with Crippen LogP contribution in [0.5, 0.6) is 0 Å². The van der Waals surface area contributed by atoms with E-state index in [-0.39, 0.29) is 17.9 Å². The molecular weight excluding hydrogens is 170 g/mol. The number of carbonyl (C=O) groups excluding carboxylic acids is 2. The summed E-state index contributed by atoms with van der Waals surface area (Å²) < 4.78 is 0. The highest BCUT2D eigenvalue weighted by atomic mass is 16.2. The van der Waals surface area contributed by atoms with E-state index in [0.717, 1.165) is 13.0 Å². The fourth-order valence-electron chi connectivity index (χ4n) is 1.11. The zero-order chi connectivity index (χ0) is 9.84. The van der Waals surface area contributed by atoms with Crippen LogP contribution in [0.25, 0.3) is 0 Å². The summed E-state index contributed by atoms with van der Waals surface area (Å²) in [6.45, 7) is 2.54. The molecule has 0 bridgehead atoms.